The first kappa shape index (κ1) is 19.6. The summed E-state index contributed by atoms with van der Waals surface area (Å²) < 4.78 is 5.12. The Morgan fingerprint density at radius 2 is 1.13 bits per heavy atom. The molecule has 0 amide bonds. The van der Waals surface area contributed by atoms with Gasteiger partial charge in [-0.2, -0.15) is 0 Å². The molecule has 1 aliphatic carbocycles. The van der Waals surface area contributed by atoms with Crippen LogP contribution in [0.2, 0.25) is 0 Å². The van der Waals surface area contributed by atoms with Crippen LogP contribution in [-0.2, 0) is 5.41 Å². The largest absolute Gasteiger partial charge is 0.569 e. The van der Waals surface area contributed by atoms with E-state index in [1.54, 1.807) is 12.1 Å². The minimum atomic E-state index is -1.51. The van der Waals surface area contributed by atoms with Gasteiger partial charge in [-0.25, -0.2) is 0 Å². The summed E-state index contributed by atoms with van der Waals surface area (Å²) in [6, 6.07) is 31.9. The van der Waals surface area contributed by atoms with Crippen molar-refractivity contribution in [2.45, 2.75) is 5.41 Å². The molecule has 0 saturated carbocycles. The molecular weight excluding hydrogens is 386 g/mol. The monoisotopic (exact) mass is 405 g/mol. The number of fused-ring (bicyclic) bond motifs is 3. The lowest BCUT2D eigenvalue weighted by atomic mass is 9.67. The van der Waals surface area contributed by atoms with E-state index in [0.29, 0.717) is 18.9 Å². The summed E-state index contributed by atoms with van der Waals surface area (Å²) in [7, 11) is -0.844. The predicted octanol–water partition coefficient (Wildman–Crippen LogP) is 2.63. The zero-order chi connectivity index (χ0) is 21.4. The van der Waals surface area contributed by atoms with Gasteiger partial charge >= 0.3 is 14.8 Å². The van der Waals surface area contributed by atoms with Gasteiger partial charge in [0.2, 0.25) is 0 Å². The first-order valence-corrected chi connectivity index (χ1v) is 10.1. The summed E-state index contributed by atoms with van der Waals surface area (Å²) in [4.78, 5) is 0. The summed E-state index contributed by atoms with van der Waals surface area (Å²) >= 11 is 0. The van der Waals surface area contributed by atoms with Gasteiger partial charge in [0.15, 0.2) is 0 Å². The highest BCUT2D eigenvalue weighted by Crippen LogP contribution is 2.55. The summed E-state index contributed by atoms with van der Waals surface area (Å²) in [6.07, 6.45) is 0. The molecule has 0 fully saturated rings. The summed E-state index contributed by atoms with van der Waals surface area (Å²) in [5.74, 6) is 0.541. The van der Waals surface area contributed by atoms with E-state index in [4.69, 9.17) is 9.68 Å². The van der Waals surface area contributed by atoms with Crippen LogP contribution >= 0.6 is 0 Å². The standard InChI is InChI=1S/C25H19B2O4/c28-26-31-20-15-11-18(12-16-20)25(17-9-13-19(14-10-17)27(29)30)23-7-3-1-5-21(23)22-6-2-4-8-24(22)25/h1-16,28-30H. The summed E-state index contributed by atoms with van der Waals surface area (Å²) in [6.45, 7) is 0. The maximum atomic E-state index is 9.58. The molecule has 4 aromatic rings. The lowest BCUT2D eigenvalue weighted by molar-refractivity contribution is 0.425. The molecule has 4 aromatic carbocycles. The Bertz CT molecular complexity index is 1180. The maximum absolute atomic E-state index is 9.58. The van der Waals surface area contributed by atoms with Crippen molar-refractivity contribution in [2.75, 3.05) is 0 Å². The van der Waals surface area contributed by atoms with Gasteiger partial charge in [0, 0.05) is 0 Å². The van der Waals surface area contributed by atoms with E-state index in [1.165, 1.54) is 11.1 Å². The number of hydrogen-bond acceptors (Lipinski definition) is 4. The van der Waals surface area contributed by atoms with Gasteiger partial charge in [-0.15, -0.1) is 0 Å². The molecule has 3 N–H and O–H groups in total. The zero-order valence-electron chi connectivity index (χ0n) is 16.6. The highest BCUT2D eigenvalue weighted by Gasteiger charge is 2.45. The number of rotatable bonds is 5. The van der Waals surface area contributed by atoms with Crippen LogP contribution in [0.1, 0.15) is 22.3 Å². The van der Waals surface area contributed by atoms with Crippen molar-refractivity contribution in [2.24, 2.45) is 0 Å². The number of benzene rings is 4. The third-order valence-electron chi connectivity index (χ3n) is 6.07. The SMILES string of the molecule is O[B]Oc1ccc(C2(c3ccc(B(O)O)cc3)c3ccccc3-c3ccccc32)cc1. The molecule has 0 aromatic heterocycles. The van der Waals surface area contributed by atoms with Crippen molar-refractivity contribution in [3.05, 3.63) is 119 Å². The normalized spacial score (nSPS) is 13.3. The van der Waals surface area contributed by atoms with Gasteiger partial charge in [0.05, 0.1) is 11.2 Å². The third kappa shape index (κ3) is 3.00. The van der Waals surface area contributed by atoms with Crippen molar-refractivity contribution in [1.82, 2.24) is 0 Å². The fourth-order valence-electron chi connectivity index (χ4n) is 4.77. The molecule has 0 spiro atoms. The second-order valence-electron chi connectivity index (χ2n) is 7.58. The Labute approximate surface area is 181 Å². The predicted molar refractivity (Wildman–Crippen MR) is 122 cm³/mol. The van der Waals surface area contributed by atoms with E-state index in [1.807, 2.05) is 60.7 Å². The highest BCUT2D eigenvalue weighted by atomic mass is 16.5. The number of hydrogen-bond donors (Lipinski definition) is 3. The van der Waals surface area contributed by atoms with Crippen LogP contribution in [0.5, 0.6) is 5.75 Å². The smallest absolute Gasteiger partial charge is 0.537 e. The van der Waals surface area contributed by atoms with Crippen molar-refractivity contribution < 1.29 is 19.7 Å². The zero-order valence-corrected chi connectivity index (χ0v) is 16.6. The van der Waals surface area contributed by atoms with E-state index < -0.39 is 12.5 Å². The van der Waals surface area contributed by atoms with Crippen molar-refractivity contribution in [3.63, 3.8) is 0 Å². The van der Waals surface area contributed by atoms with Crippen LogP contribution in [0.15, 0.2) is 97.1 Å². The molecule has 1 radical (unpaired) electrons. The van der Waals surface area contributed by atoms with Gasteiger partial charge in [-0.05, 0) is 51.0 Å². The Kier molecular flexibility index (Phi) is 4.91. The highest BCUT2D eigenvalue weighted by molar-refractivity contribution is 6.58. The molecule has 0 saturated heterocycles. The molecule has 0 atom stereocenters. The van der Waals surface area contributed by atoms with Crippen LogP contribution in [0.3, 0.4) is 0 Å². The molecule has 149 valence electrons. The van der Waals surface area contributed by atoms with E-state index in [9.17, 15) is 10.0 Å². The van der Waals surface area contributed by atoms with Gasteiger partial charge in [-0.1, -0.05) is 84.9 Å². The minimum Gasteiger partial charge on any atom is -0.537 e. The quantitative estimate of drug-likeness (QED) is 0.394. The maximum Gasteiger partial charge on any atom is 0.569 e. The van der Waals surface area contributed by atoms with Gasteiger partial charge in [0.1, 0.15) is 0 Å². The molecule has 6 heteroatoms. The lowest BCUT2D eigenvalue weighted by Gasteiger charge is -2.34. The molecular formula is C25H19B2O4. The molecule has 0 bridgehead atoms. The molecule has 5 rings (SSSR count). The van der Waals surface area contributed by atoms with Gasteiger partial charge < -0.3 is 19.7 Å². The molecule has 1 aliphatic rings. The summed E-state index contributed by atoms with van der Waals surface area (Å²) in [5.41, 5.74) is 6.62. The minimum absolute atomic E-state index is 0.445. The van der Waals surface area contributed by atoms with Crippen molar-refractivity contribution in [3.8, 4) is 16.9 Å². The molecule has 0 unspecified atom stereocenters. The van der Waals surface area contributed by atoms with E-state index in [0.717, 1.165) is 22.3 Å². The fraction of sp³-hybridized carbons (Fsp3) is 0.0400. The van der Waals surface area contributed by atoms with E-state index >= 15 is 0 Å². The first-order chi connectivity index (χ1) is 15.2. The van der Waals surface area contributed by atoms with Gasteiger partial charge in [0.25, 0.3) is 0 Å². The van der Waals surface area contributed by atoms with E-state index in [-0.39, 0.29) is 0 Å². The summed E-state index contributed by atoms with van der Waals surface area (Å²) in [5, 5.41) is 28.1. The van der Waals surface area contributed by atoms with Crippen LogP contribution < -0.4 is 10.1 Å². The van der Waals surface area contributed by atoms with Crippen LogP contribution in [0.4, 0.5) is 0 Å². The average molecular weight is 405 g/mol. The molecule has 31 heavy (non-hydrogen) atoms. The second kappa shape index (κ2) is 7.74. The van der Waals surface area contributed by atoms with E-state index in [2.05, 4.69) is 24.3 Å². The van der Waals surface area contributed by atoms with Crippen molar-refractivity contribution >= 4 is 20.3 Å². The average Bonchev–Trinajstić information content (AvgIpc) is 3.11. The Morgan fingerprint density at radius 1 is 0.645 bits per heavy atom. The fourth-order valence-corrected chi connectivity index (χ4v) is 4.77. The van der Waals surface area contributed by atoms with Crippen LogP contribution in [0.25, 0.3) is 11.1 Å². The second-order valence-corrected chi connectivity index (χ2v) is 7.58. The lowest BCUT2D eigenvalue weighted by Crippen LogP contribution is -2.32. The van der Waals surface area contributed by atoms with Gasteiger partial charge in [-0.3, -0.25) is 0 Å². The topological polar surface area (TPSA) is 69.9 Å². The molecule has 0 heterocycles. The first-order valence-electron chi connectivity index (χ1n) is 10.1. The Morgan fingerprint density at radius 3 is 1.61 bits per heavy atom. The van der Waals surface area contributed by atoms with Crippen molar-refractivity contribution in [1.29, 1.82) is 0 Å². The third-order valence-corrected chi connectivity index (χ3v) is 6.07. The molecule has 0 aliphatic heterocycles. The van der Waals surface area contributed by atoms with Crippen LogP contribution in [-0.4, -0.2) is 29.9 Å². The molecule has 4 nitrogen and oxygen atoms in total. The Hall–Kier alpha value is -3.31. The van der Waals surface area contributed by atoms with Crippen LogP contribution in [0, 0.1) is 0 Å². The Balaban J connectivity index is 1.82.